The molecule has 0 spiro atoms. The van der Waals surface area contributed by atoms with Crippen LogP contribution in [0.4, 0.5) is 0 Å². The van der Waals surface area contributed by atoms with Crippen LogP contribution in [0.1, 0.15) is 58.3 Å². The number of rotatable bonds is 5. The van der Waals surface area contributed by atoms with E-state index < -0.39 is 0 Å². The Kier molecular flexibility index (Phi) is 10.6. The number of hydrogen-bond donors (Lipinski definition) is 2. The zero-order valence-corrected chi connectivity index (χ0v) is 19.9. The average molecular weight is 509 g/mol. The fraction of sp³-hybridized carbons (Fsp3) is 0.900. The van der Waals surface area contributed by atoms with E-state index in [1.165, 1.54) is 43.6 Å². The number of amides is 1. The number of nitrogens with one attached hydrogen (secondary N) is 2. The van der Waals surface area contributed by atoms with Crippen LogP contribution in [0.25, 0.3) is 0 Å². The van der Waals surface area contributed by atoms with Gasteiger partial charge in [0.05, 0.1) is 0 Å². The molecule has 27 heavy (non-hydrogen) atoms. The first-order chi connectivity index (χ1) is 12.8. The molecular weight excluding hydrogens is 471 g/mol. The monoisotopic (exact) mass is 508 g/mol. The highest BCUT2D eigenvalue weighted by atomic mass is 127. The first-order valence-electron chi connectivity index (χ1n) is 10.7. The van der Waals surface area contributed by atoms with E-state index in [2.05, 4.69) is 34.2 Å². The molecule has 1 aliphatic carbocycles. The molecule has 7 heteroatoms. The van der Waals surface area contributed by atoms with Crippen LogP contribution in [0.2, 0.25) is 0 Å². The Labute approximate surface area is 186 Å². The number of carbonyl (C=O) groups excluding carboxylic acids is 1. The second kappa shape index (κ2) is 12.4. The van der Waals surface area contributed by atoms with E-state index in [1.807, 2.05) is 0 Å². The molecule has 0 bridgehead atoms. The number of aliphatic imine (C=N–C) groups is 1. The molecule has 2 N–H and O–H groups in total. The van der Waals surface area contributed by atoms with Crippen molar-refractivity contribution >= 4 is 47.6 Å². The minimum atomic E-state index is 0. The lowest BCUT2D eigenvalue weighted by atomic mass is 9.88. The van der Waals surface area contributed by atoms with Crippen molar-refractivity contribution in [2.24, 2.45) is 16.8 Å². The van der Waals surface area contributed by atoms with Gasteiger partial charge in [-0.25, -0.2) is 0 Å². The summed E-state index contributed by atoms with van der Waals surface area (Å²) in [7, 11) is 0. The zero-order chi connectivity index (χ0) is 18.2. The van der Waals surface area contributed by atoms with Crippen molar-refractivity contribution in [3.8, 4) is 0 Å². The minimum Gasteiger partial charge on any atom is -0.357 e. The highest BCUT2D eigenvalue weighted by Crippen LogP contribution is 2.27. The Bertz CT molecular complexity index is 479. The molecule has 3 fully saturated rings. The van der Waals surface area contributed by atoms with Crippen LogP contribution in [0.3, 0.4) is 0 Å². The second-order valence-electron chi connectivity index (χ2n) is 8.02. The standard InChI is InChI=1S/C20H36N4OS.HI/c1-2-21-20(22-14-16-9-12-26-13-10-16)23-18-8-11-24(15-18)19(25)17-6-4-3-5-7-17;/h16-18H,2-15H2,1H3,(H2,21,22,23);1H. The smallest absolute Gasteiger partial charge is 0.225 e. The fourth-order valence-electron chi connectivity index (χ4n) is 4.35. The third-order valence-electron chi connectivity index (χ3n) is 5.99. The highest BCUT2D eigenvalue weighted by molar-refractivity contribution is 14.0. The van der Waals surface area contributed by atoms with Gasteiger partial charge in [-0.2, -0.15) is 11.8 Å². The molecule has 0 aromatic carbocycles. The minimum absolute atomic E-state index is 0. The average Bonchev–Trinajstić information content (AvgIpc) is 3.16. The number of likely N-dealkylation sites (tertiary alicyclic amines) is 1. The van der Waals surface area contributed by atoms with Crippen molar-refractivity contribution in [1.82, 2.24) is 15.5 Å². The molecule has 3 aliphatic rings. The molecule has 0 aromatic rings. The fourth-order valence-corrected chi connectivity index (χ4v) is 5.55. The Balaban J connectivity index is 0.00000261. The van der Waals surface area contributed by atoms with E-state index in [9.17, 15) is 4.79 Å². The molecular formula is C20H37IN4OS. The lowest BCUT2D eigenvalue weighted by Crippen LogP contribution is -2.45. The summed E-state index contributed by atoms with van der Waals surface area (Å²) in [6.07, 6.45) is 9.56. The summed E-state index contributed by atoms with van der Waals surface area (Å²) in [6, 6.07) is 0.335. The Morgan fingerprint density at radius 3 is 2.56 bits per heavy atom. The van der Waals surface area contributed by atoms with Gasteiger partial charge >= 0.3 is 0 Å². The molecule has 2 aliphatic heterocycles. The molecule has 1 amide bonds. The SMILES string of the molecule is CCNC(=NCC1CCSCC1)NC1CCN(C(=O)C2CCCCC2)C1.I. The van der Waals surface area contributed by atoms with Gasteiger partial charge in [0, 0.05) is 38.1 Å². The van der Waals surface area contributed by atoms with E-state index in [1.54, 1.807) is 0 Å². The number of carbonyl (C=O) groups is 1. The van der Waals surface area contributed by atoms with Gasteiger partial charge in [0.2, 0.25) is 5.91 Å². The lowest BCUT2D eigenvalue weighted by molar-refractivity contribution is -0.135. The van der Waals surface area contributed by atoms with E-state index in [0.717, 1.165) is 57.3 Å². The van der Waals surface area contributed by atoms with Gasteiger partial charge in [-0.3, -0.25) is 9.79 Å². The summed E-state index contributed by atoms with van der Waals surface area (Å²) in [5.41, 5.74) is 0. The normalized spacial score (nSPS) is 25.1. The van der Waals surface area contributed by atoms with Crippen molar-refractivity contribution in [2.45, 2.75) is 64.3 Å². The number of hydrogen-bond acceptors (Lipinski definition) is 3. The van der Waals surface area contributed by atoms with Crippen molar-refractivity contribution in [3.05, 3.63) is 0 Å². The van der Waals surface area contributed by atoms with E-state index >= 15 is 0 Å². The van der Waals surface area contributed by atoms with Crippen LogP contribution in [-0.2, 0) is 4.79 Å². The van der Waals surface area contributed by atoms with Crippen molar-refractivity contribution < 1.29 is 4.79 Å². The summed E-state index contributed by atoms with van der Waals surface area (Å²) in [4.78, 5) is 19.7. The Hall–Kier alpha value is -0.180. The largest absolute Gasteiger partial charge is 0.357 e. The van der Waals surface area contributed by atoms with Gasteiger partial charge in [0.15, 0.2) is 5.96 Å². The molecule has 5 nitrogen and oxygen atoms in total. The van der Waals surface area contributed by atoms with E-state index in [4.69, 9.17) is 4.99 Å². The number of nitrogens with zero attached hydrogens (tertiary/aromatic N) is 2. The first kappa shape index (κ1) is 23.1. The molecule has 3 rings (SSSR count). The Morgan fingerprint density at radius 2 is 1.85 bits per heavy atom. The quantitative estimate of drug-likeness (QED) is 0.339. The van der Waals surface area contributed by atoms with Crippen LogP contribution in [0.5, 0.6) is 0 Å². The molecule has 156 valence electrons. The maximum atomic E-state index is 12.7. The predicted octanol–water partition coefficient (Wildman–Crippen LogP) is 3.48. The summed E-state index contributed by atoms with van der Waals surface area (Å²) >= 11 is 2.07. The van der Waals surface area contributed by atoms with Gasteiger partial charge < -0.3 is 15.5 Å². The first-order valence-corrected chi connectivity index (χ1v) is 11.8. The lowest BCUT2D eigenvalue weighted by Gasteiger charge is -2.26. The molecule has 1 saturated carbocycles. The van der Waals surface area contributed by atoms with E-state index in [0.29, 0.717) is 11.9 Å². The van der Waals surface area contributed by atoms with Crippen LogP contribution >= 0.6 is 35.7 Å². The van der Waals surface area contributed by atoms with Gasteiger partial charge in [-0.15, -0.1) is 24.0 Å². The summed E-state index contributed by atoms with van der Waals surface area (Å²) in [5, 5.41) is 6.97. The van der Waals surface area contributed by atoms with Crippen LogP contribution in [-0.4, -0.2) is 60.5 Å². The number of guanidine groups is 1. The third-order valence-corrected chi connectivity index (χ3v) is 7.04. The molecule has 2 saturated heterocycles. The third kappa shape index (κ3) is 7.29. The van der Waals surface area contributed by atoms with Gasteiger partial charge in [0.25, 0.3) is 0 Å². The maximum absolute atomic E-state index is 12.7. The van der Waals surface area contributed by atoms with Crippen molar-refractivity contribution in [2.75, 3.05) is 37.7 Å². The molecule has 1 atom stereocenters. The molecule has 2 heterocycles. The van der Waals surface area contributed by atoms with Gasteiger partial charge in [0.1, 0.15) is 0 Å². The maximum Gasteiger partial charge on any atom is 0.225 e. The van der Waals surface area contributed by atoms with Crippen LogP contribution in [0.15, 0.2) is 4.99 Å². The van der Waals surface area contributed by atoms with Crippen LogP contribution in [0, 0.1) is 11.8 Å². The number of halogens is 1. The molecule has 0 aromatic heterocycles. The predicted molar refractivity (Wildman–Crippen MR) is 126 cm³/mol. The van der Waals surface area contributed by atoms with Crippen molar-refractivity contribution in [3.63, 3.8) is 0 Å². The molecule has 0 radical (unpaired) electrons. The number of thioether (sulfide) groups is 1. The van der Waals surface area contributed by atoms with Crippen LogP contribution < -0.4 is 10.6 Å². The van der Waals surface area contributed by atoms with Gasteiger partial charge in [-0.1, -0.05) is 19.3 Å². The van der Waals surface area contributed by atoms with Gasteiger partial charge in [-0.05, 0) is 56.5 Å². The summed E-state index contributed by atoms with van der Waals surface area (Å²) in [6.45, 7) is 5.64. The summed E-state index contributed by atoms with van der Waals surface area (Å²) < 4.78 is 0. The zero-order valence-electron chi connectivity index (χ0n) is 16.8. The highest BCUT2D eigenvalue weighted by Gasteiger charge is 2.31. The second-order valence-corrected chi connectivity index (χ2v) is 9.25. The van der Waals surface area contributed by atoms with E-state index in [-0.39, 0.29) is 29.9 Å². The Morgan fingerprint density at radius 1 is 1.11 bits per heavy atom. The molecule has 1 unspecified atom stereocenters. The summed E-state index contributed by atoms with van der Waals surface area (Å²) in [5.74, 6) is 4.92. The topological polar surface area (TPSA) is 56.7 Å². The van der Waals surface area contributed by atoms with Crippen molar-refractivity contribution in [1.29, 1.82) is 0 Å².